The van der Waals surface area contributed by atoms with Crippen molar-refractivity contribution in [1.82, 2.24) is 0 Å². The van der Waals surface area contributed by atoms with Crippen LogP contribution >= 0.6 is 11.6 Å². The number of halogens is 2. The minimum atomic E-state index is -0.555. The number of hydrogen-bond donors (Lipinski definition) is 0. The van der Waals surface area contributed by atoms with Crippen molar-refractivity contribution in [2.75, 3.05) is 0 Å². The minimum Gasteiger partial charge on any atom is -0.423 e. The van der Waals surface area contributed by atoms with Gasteiger partial charge in [0.1, 0.15) is 11.6 Å². The third-order valence-corrected chi connectivity index (χ3v) is 7.37. The van der Waals surface area contributed by atoms with Crippen LogP contribution in [-0.4, -0.2) is 5.97 Å². The molecule has 2 aliphatic carbocycles. The first-order chi connectivity index (χ1) is 14.5. The lowest BCUT2D eigenvalue weighted by Crippen LogP contribution is -2.30. The highest BCUT2D eigenvalue weighted by atomic mass is 35.5. The Morgan fingerprint density at radius 2 is 1.77 bits per heavy atom. The predicted molar refractivity (Wildman–Crippen MR) is 119 cm³/mol. The smallest absolute Gasteiger partial charge is 0.343 e. The summed E-state index contributed by atoms with van der Waals surface area (Å²) in [5, 5.41) is 0.568. The van der Waals surface area contributed by atoms with Gasteiger partial charge in [-0.05, 0) is 97.7 Å². The van der Waals surface area contributed by atoms with Crippen molar-refractivity contribution in [2.45, 2.75) is 64.2 Å². The fourth-order valence-electron chi connectivity index (χ4n) is 5.59. The van der Waals surface area contributed by atoms with Crippen LogP contribution in [0.15, 0.2) is 42.5 Å². The highest BCUT2D eigenvalue weighted by Gasteiger charge is 2.36. The molecule has 4 unspecified atom stereocenters. The standard InChI is InChI=1S/C26H30ClFO2/c1-2-3-17-4-5-19-15-20(7-6-18(19)14-17)24-13-8-21(16-25(24)28)26(29)30-23-11-9-22(27)10-12-23/h8-13,16-20H,2-7,14-15H2,1H3. The second kappa shape index (κ2) is 9.51. The first kappa shape index (κ1) is 21.4. The number of carbonyl (C=O) groups excluding carboxylic acids is 1. The third kappa shape index (κ3) is 4.88. The number of carbonyl (C=O) groups is 1. The lowest BCUT2D eigenvalue weighted by molar-refractivity contribution is 0.0734. The summed E-state index contributed by atoms with van der Waals surface area (Å²) in [7, 11) is 0. The zero-order valence-electron chi connectivity index (χ0n) is 17.6. The molecule has 4 heteroatoms. The van der Waals surface area contributed by atoms with Gasteiger partial charge in [-0.3, -0.25) is 0 Å². The molecule has 2 aromatic carbocycles. The van der Waals surface area contributed by atoms with Gasteiger partial charge in [0, 0.05) is 5.02 Å². The van der Waals surface area contributed by atoms with Crippen LogP contribution in [0.5, 0.6) is 5.75 Å². The van der Waals surface area contributed by atoms with E-state index in [-0.39, 0.29) is 17.3 Å². The van der Waals surface area contributed by atoms with E-state index in [2.05, 4.69) is 6.92 Å². The van der Waals surface area contributed by atoms with Crippen molar-refractivity contribution in [1.29, 1.82) is 0 Å². The van der Waals surface area contributed by atoms with E-state index in [9.17, 15) is 9.18 Å². The summed E-state index contributed by atoms with van der Waals surface area (Å²) in [6.07, 6.45) is 9.95. The number of esters is 1. The van der Waals surface area contributed by atoms with Gasteiger partial charge in [0.25, 0.3) is 0 Å². The summed E-state index contributed by atoms with van der Waals surface area (Å²) >= 11 is 5.85. The third-order valence-electron chi connectivity index (χ3n) is 7.12. The molecule has 2 aromatic rings. The van der Waals surface area contributed by atoms with E-state index in [1.165, 1.54) is 44.6 Å². The van der Waals surface area contributed by atoms with Crippen LogP contribution in [-0.2, 0) is 0 Å². The van der Waals surface area contributed by atoms with Gasteiger partial charge in [0.05, 0.1) is 5.56 Å². The van der Waals surface area contributed by atoms with Crippen molar-refractivity contribution >= 4 is 17.6 Å². The van der Waals surface area contributed by atoms with Crippen LogP contribution in [0.3, 0.4) is 0 Å². The fourth-order valence-corrected chi connectivity index (χ4v) is 5.72. The summed E-state index contributed by atoms with van der Waals surface area (Å²) in [6, 6.07) is 11.4. The molecular weight excluding hydrogens is 399 g/mol. The molecule has 0 heterocycles. The van der Waals surface area contributed by atoms with E-state index in [1.807, 2.05) is 0 Å². The summed E-state index contributed by atoms with van der Waals surface area (Å²) in [5.41, 5.74) is 0.993. The highest BCUT2D eigenvalue weighted by Crippen LogP contribution is 2.48. The number of benzene rings is 2. The van der Waals surface area contributed by atoms with Crippen molar-refractivity contribution < 1.29 is 13.9 Å². The summed E-state index contributed by atoms with van der Waals surface area (Å²) < 4.78 is 20.3. The first-order valence-electron chi connectivity index (χ1n) is 11.3. The Bertz CT molecular complexity index is 879. The van der Waals surface area contributed by atoms with E-state index in [4.69, 9.17) is 16.3 Å². The first-order valence-corrected chi connectivity index (χ1v) is 11.7. The van der Waals surface area contributed by atoms with Crippen LogP contribution < -0.4 is 4.74 Å². The molecule has 2 aliphatic rings. The topological polar surface area (TPSA) is 26.3 Å². The number of ether oxygens (including phenoxy) is 1. The summed E-state index contributed by atoms with van der Waals surface area (Å²) in [4.78, 5) is 12.4. The average molecular weight is 429 g/mol. The van der Waals surface area contributed by atoms with E-state index >= 15 is 0 Å². The maximum Gasteiger partial charge on any atom is 0.343 e. The summed E-state index contributed by atoms with van der Waals surface area (Å²) in [6.45, 7) is 2.28. The lowest BCUT2D eigenvalue weighted by Gasteiger charge is -2.42. The number of fused-ring (bicyclic) bond motifs is 1. The maximum absolute atomic E-state index is 14.9. The quantitative estimate of drug-likeness (QED) is 0.358. The van der Waals surface area contributed by atoms with E-state index in [1.54, 1.807) is 36.4 Å². The Morgan fingerprint density at radius 1 is 1.03 bits per heavy atom. The SMILES string of the molecule is CCCC1CCC2CC(c3ccc(C(=O)Oc4ccc(Cl)cc4)cc3F)CCC2C1. The highest BCUT2D eigenvalue weighted by molar-refractivity contribution is 6.30. The van der Waals surface area contributed by atoms with Gasteiger partial charge in [-0.1, -0.05) is 43.9 Å². The Morgan fingerprint density at radius 3 is 2.50 bits per heavy atom. The van der Waals surface area contributed by atoms with Crippen molar-refractivity contribution in [3.63, 3.8) is 0 Å². The van der Waals surface area contributed by atoms with E-state index in [0.29, 0.717) is 10.8 Å². The molecule has 2 nitrogen and oxygen atoms in total. The Balaban J connectivity index is 1.40. The molecule has 30 heavy (non-hydrogen) atoms. The minimum absolute atomic E-state index is 0.236. The molecule has 0 spiro atoms. The largest absolute Gasteiger partial charge is 0.423 e. The van der Waals surface area contributed by atoms with Crippen LogP contribution in [0.2, 0.25) is 5.02 Å². The van der Waals surface area contributed by atoms with Crippen LogP contribution in [0, 0.1) is 23.6 Å². The molecular formula is C26H30ClFO2. The molecule has 2 saturated carbocycles. The van der Waals surface area contributed by atoms with Crippen LogP contribution in [0.4, 0.5) is 4.39 Å². The van der Waals surface area contributed by atoms with Crippen molar-refractivity contribution in [3.8, 4) is 5.75 Å². The van der Waals surface area contributed by atoms with Gasteiger partial charge in [-0.25, -0.2) is 9.18 Å². The Labute approximate surface area is 183 Å². The second-order valence-corrected chi connectivity index (χ2v) is 9.51. The molecule has 0 aliphatic heterocycles. The second-order valence-electron chi connectivity index (χ2n) is 9.08. The molecule has 0 aromatic heterocycles. The zero-order valence-corrected chi connectivity index (χ0v) is 18.3. The molecule has 0 bridgehead atoms. The monoisotopic (exact) mass is 428 g/mol. The molecule has 160 valence electrons. The van der Waals surface area contributed by atoms with E-state index in [0.717, 1.165) is 36.2 Å². The maximum atomic E-state index is 14.9. The van der Waals surface area contributed by atoms with Crippen LogP contribution in [0.1, 0.15) is 80.1 Å². The number of rotatable bonds is 5. The van der Waals surface area contributed by atoms with Crippen molar-refractivity contribution in [2.24, 2.45) is 17.8 Å². The normalized spacial score (nSPS) is 26.1. The molecule has 4 atom stereocenters. The van der Waals surface area contributed by atoms with Gasteiger partial charge in [-0.15, -0.1) is 0 Å². The molecule has 4 rings (SSSR count). The Hall–Kier alpha value is -1.87. The van der Waals surface area contributed by atoms with Gasteiger partial charge >= 0.3 is 5.97 Å². The van der Waals surface area contributed by atoms with Crippen LogP contribution in [0.25, 0.3) is 0 Å². The summed E-state index contributed by atoms with van der Waals surface area (Å²) in [5.74, 6) is 2.26. The molecule has 0 radical (unpaired) electrons. The zero-order chi connectivity index (χ0) is 21.1. The molecule has 0 N–H and O–H groups in total. The fraction of sp³-hybridized carbons (Fsp3) is 0.500. The van der Waals surface area contributed by atoms with Gasteiger partial charge in [0.2, 0.25) is 0 Å². The molecule has 0 amide bonds. The van der Waals surface area contributed by atoms with Crippen molar-refractivity contribution in [3.05, 3.63) is 64.4 Å². The molecule has 0 saturated heterocycles. The predicted octanol–water partition coefficient (Wildman–Crippen LogP) is 7.80. The van der Waals surface area contributed by atoms with Gasteiger partial charge in [-0.2, -0.15) is 0 Å². The molecule has 2 fully saturated rings. The Kier molecular flexibility index (Phi) is 6.77. The van der Waals surface area contributed by atoms with Gasteiger partial charge in [0.15, 0.2) is 0 Å². The lowest BCUT2D eigenvalue weighted by atomic mass is 9.63. The number of hydrogen-bond acceptors (Lipinski definition) is 2. The average Bonchev–Trinajstić information content (AvgIpc) is 2.75. The van der Waals surface area contributed by atoms with E-state index < -0.39 is 5.97 Å². The van der Waals surface area contributed by atoms with Gasteiger partial charge < -0.3 is 4.74 Å².